The SMILES string of the molecule is NC(=O)CN(Cc1ccc(CC(=O)O)cc1)C1CCCC1. The van der Waals surface area contributed by atoms with Crippen LogP contribution >= 0.6 is 0 Å². The van der Waals surface area contributed by atoms with Crippen LogP contribution in [0.15, 0.2) is 24.3 Å². The molecular weight excluding hydrogens is 268 g/mol. The fraction of sp³-hybridized carbons (Fsp3) is 0.500. The van der Waals surface area contributed by atoms with Crippen molar-refractivity contribution in [3.63, 3.8) is 0 Å². The molecule has 0 bridgehead atoms. The second-order valence-electron chi connectivity index (χ2n) is 5.70. The number of nitrogens with zero attached hydrogens (tertiary/aromatic N) is 1. The van der Waals surface area contributed by atoms with Crippen molar-refractivity contribution in [2.24, 2.45) is 5.73 Å². The number of aliphatic carboxylic acids is 1. The average Bonchev–Trinajstić information content (AvgIpc) is 2.93. The molecule has 1 fully saturated rings. The van der Waals surface area contributed by atoms with E-state index in [9.17, 15) is 9.59 Å². The number of rotatable bonds is 7. The molecule has 21 heavy (non-hydrogen) atoms. The average molecular weight is 290 g/mol. The van der Waals surface area contributed by atoms with Gasteiger partial charge in [0.05, 0.1) is 13.0 Å². The molecule has 1 aliphatic carbocycles. The maximum Gasteiger partial charge on any atom is 0.307 e. The molecule has 1 aliphatic rings. The van der Waals surface area contributed by atoms with Crippen LogP contribution in [0.3, 0.4) is 0 Å². The Morgan fingerprint density at radius 3 is 2.24 bits per heavy atom. The van der Waals surface area contributed by atoms with Crippen LogP contribution in [-0.2, 0) is 22.6 Å². The maximum atomic E-state index is 11.2. The summed E-state index contributed by atoms with van der Waals surface area (Å²) in [6.45, 7) is 0.961. The normalized spacial score (nSPS) is 15.5. The van der Waals surface area contributed by atoms with E-state index in [4.69, 9.17) is 10.8 Å². The van der Waals surface area contributed by atoms with Crippen LogP contribution in [0.1, 0.15) is 36.8 Å². The van der Waals surface area contributed by atoms with E-state index in [0.29, 0.717) is 12.6 Å². The van der Waals surface area contributed by atoms with Crippen LogP contribution in [0.2, 0.25) is 0 Å². The Balaban J connectivity index is 2.01. The molecule has 0 aromatic heterocycles. The smallest absolute Gasteiger partial charge is 0.307 e. The fourth-order valence-electron chi connectivity index (χ4n) is 2.96. The first-order valence-electron chi connectivity index (χ1n) is 7.36. The Morgan fingerprint density at radius 1 is 1.14 bits per heavy atom. The largest absolute Gasteiger partial charge is 0.481 e. The van der Waals surface area contributed by atoms with Crippen LogP contribution in [0.4, 0.5) is 0 Å². The third-order valence-electron chi connectivity index (χ3n) is 3.96. The molecule has 0 atom stereocenters. The Hall–Kier alpha value is -1.88. The molecule has 5 heteroatoms. The van der Waals surface area contributed by atoms with Gasteiger partial charge in [-0.3, -0.25) is 14.5 Å². The Kier molecular flexibility index (Phi) is 5.33. The van der Waals surface area contributed by atoms with Crippen LogP contribution in [0.5, 0.6) is 0 Å². The molecule has 5 nitrogen and oxygen atoms in total. The van der Waals surface area contributed by atoms with Gasteiger partial charge in [0.1, 0.15) is 0 Å². The number of carbonyl (C=O) groups is 2. The zero-order valence-corrected chi connectivity index (χ0v) is 12.1. The van der Waals surface area contributed by atoms with Gasteiger partial charge in [0, 0.05) is 12.6 Å². The number of carboxylic acids is 1. The van der Waals surface area contributed by atoms with Gasteiger partial charge < -0.3 is 10.8 Å². The highest BCUT2D eigenvalue weighted by atomic mass is 16.4. The lowest BCUT2D eigenvalue weighted by Gasteiger charge is -2.27. The van der Waals surface area contributed by atoms with Crippen LogP contribution in [-0.4, -0.2) is 34.5 Å². The Morgan fingerprint density at radius 2 is 1.71 bits per heavy atom. The topological polar surface area (TPSA) is 83.6 Å². The molecule has 3 N–H and O–H groups in total. The van der Waals surface area contributed by atoms with Crippen LogP contribution in [0, 0.1) is 0 Å². The second-order valence-corrected chi connectivity index (χ2v) is 5.70. The van der Waals surface area contributed by atoms with E-state index in [1.807, 2.05) is 24.3 Å². The lowest BCUT2D eigenvalue weighted by atomic mass is 10.1. The monoisotopic (exact) mass is 290 g/mol. The number of amides is 1. The number of nitrogens with two attached hydrogens (primary N) is 1. The van der Waals surface area contributed by atoms with Crippen LogP contribution in [0.25, 0.3) is 0 Å². The molecule has 0 heterocycles. The molecule has 0 radical (unpaired) electrons. The van der Waals surface area contributed by atoms with Gasteiger partial charge in [-0.15, -0.1) is 0 Å². The number of hydrogen-bond donors (Lipinski definition) is 2. The van der Waals surface area contributed by atoms with Gasteiger partial charge in [0.2, 0.25) is 5.91 Å². The minimum absolute atomic E-state index is 0.0356. The second kappa shape index (κ2) is 7.22. The van der Waals surface area contributed by atoms with Crippen molar-refractivity contribution in [3.8, 4) is 0 Å². The minimum Gasteiger partial charge on any atom is -0.481 e. The lowest BCUT2D eigenvalue weighted by Crippen LogP contribution is -2.39. The molecule has 1 saturated carbocycles. The van der Waals surface area contributed by atoms with Crippen molar-refractivity contribution in [1.29, 1.82) is 0 Å². The van der Waals surface area contributed by atoms with Crippen molar-refractivity contribution in [3.05, 3.63) is 35.4 Å². The van der Waals surface area contributed by atoms with E-state index in [0.717, 1.165) is 24.0 Å². The zero-order valence-electron chi connectivity index (χ0n) is 12.1. The highest BCUT2D eigenvalue weighted by Gasteiger charge is 2.23. The quantitative estimate of drug-likeness (QED) is 0.798. The van der Waals surface area contributed by atoms with Gasteiger partial charge in [0.15, 0.2) is 0 Å². The summed E-state index contributed by atoms with van der Waals surface area (Å²) in [5.41, 5.74) is 7.21. The first-order valence-corrected chi connectivity index (χ1v) is 7.36. The highest BCUT2D eigenvalue weighted by molar-refractivity contribution is 5.76. The molecule has 2 rings (SSSR count). The van der Waals surface area contributed by atoms with Gasteiger partial charge >= 0.3 is 5.97 Å². The van der Waals surface area contributed by atoms with E-state index in [1.165, 1.54) is 12.8 Å². The summed E-state index contributed by atoms with van der Waals surface area (Å²) in [5, 5.41) is 8.76. The summed E-state index contributed by atoms with van der Waals surface area (Å²) in [7, 11) is 0. The van der Waals surface area contributed by atoms with Crippen molar-refractivity contribution < 1.29 is 14.7 Å². The minimum atomic E-state index is -0.830. The number of benzene rings is 1. The van der Waals surface area contributed by atoms with E-state index in [-0.39, 0.29) is 18.9 Å². The van der Waals surface area contributed by atoms with Crippen molar-refractivity contribution in [2.45, 2.75) is 44.7 Å². The molecule has 114 valence electrons. The zero-order chi connectivity index (χ0) is 15.2. The van der Waals surface area contributed by atoms with Gasteiger partial charge in [-0.2, -0.15) is 0 Å². The van der Waals surface area contributed by atoms with Gasteiger partial charge in [-0.1, -0.05) is 37.1 Å². The molecule has 0 unspecified atom stereocenters. The van der Waals surface area contributed by atoms with Gasteiger partial charge in [-0.25, -0.2) is 0 Å². The Labute approximate surface area is 124 Å². The van der Waals surface area contributed by atoms with Gasteiger partial charge in [0.25, 0.3) is 0 Å². The number of carbonyl (C=O) groups excluding carboxylic acids is 1. The molecule has 1 aromatic rings. The molecule has 0 saturated heterocycles. The molecule has 0 aliphatic heterocycles. The number of carboxylic acid groups (broad SMARTS) is 1. The van der Waals surface area contributed by atoms with Crippen molar-refractivity contribution >= 4 is 11.9 Å². The summed E-state index contributed by atoms with van der Waals surface area (Å²) >= 11 is 0. The predicted molar refractivity (Wildman–Crippen MR) is 79.6 cm³/mol. The summed E-state index contributed by atoms with van der Waals surface area (Å²) in [6, 6.07) is 7.96. The summed E-state index contributed by atoms with van der Waals surface area (Å²) < 4.78 is 0. The molecule has 0 spiro atoms. The number of hydrogen-bond acceptors (Lipinski definition) is 3. The predicted octanol–water partition coefficient (Wildman–Crippen LogP) is 1.54. The van der Waals surface area contributed by atoms with E-state index >= 15 is 0 Å². The third-order valence-corrected chi connectivity index (χ3v) is 3.96. The number of primary amides is 1. The molecule has 1 amide bonds. The lowest BCUT2D eigenvalue weighted by molar-refractivity contribution is -0.136. The molecular formula is C16H22N2O3. The third kappa shape index (κ3) is 4.86. The first kappa shape index (κ1) is 15.5. The maximum absolute atomic E-state index is 11.2. The highest BCUT2D eigenvalue weighted by Crippen LogP contribution is 2.24. The summed E-state index contributed by atoms with van der Waals surface area (Å²) in [4.78, 5) is 24.1. The summed E-state index contributed by atoms with van der Waals surface area (Å²) in [5.74, 6) is -1.13. The van der Waals surface area contributed by atoms with E-state index in [2.05, 4.69) is 4.90 Å². The van der Waals surface area contributed by atoms with E-state index < -0.39 is 5.97 Å². The van der Waals surface area contributed by atoms with E-state index in [1.54, 1.807) is 0 Å². The standard InChI is InChI=1S/C16H22N2O3/c17-15(19)11-18(14-3-1-2-4-14)10-13-7-5-12(6-8-13)9-16(20)21/h5-8,14H,1-4,9-11H2,(H2,17,19)(H,20,21). The fourth-order valence-corrected chi connectivity index (χ4v) is 2.96. The molecule has 1 aromatic carbocycles. The summed E-state index contributed by atoms with van der Waals surface area (Å²) in [6.07, 6.45) is 4.68. The van der Waals surface area contributed by atoms with Crippen LogP contribution < -0.4 is 5.73 Å². The van der Waals surface area contributed by atoms with Crippen molar-refractivity contribution in [2.75, 3.05) is 6.54 Å². The van der Waals surface area contributed by atoms with Crippen molar-refractivity contribution in [1.82, 2.24) is 4.90 Å². The Bertz CT molecular complexity index is 493. The first-order chi connectivity index (χ1) is 10.0. The van der Waals surface area contributed by atoms with Gasteiger partial charge in [-0.05, 0) is 24.0 Å².